The molecule has 0 spiro atoms. The minimum atomic E-state index is -3.88. The molecule has 15 heteroatoms. The number of sulfonamides is 1. The predicted octanol–water partition coefficient (Wildman–Crippen LogP) is 1.90. The normalized spacial score (nSPS) is 28.6. The van der Waals surface area contributed by atoms with Crippen molar-refractivity contribution in [2.45, 2.75) is 93.9 Å². The Hall–Kier alpha value is -4.24. The maximum Gasteiger partial charge on any atom is 0.408 e. The molecular weight excluding hydrogens is 652 g/mol. The van der Waals surface area contributed by atoms with Crippen molar-refractivity contribution < 1.29 is 37.1 Å². The zero-order chi connectivity index (χ0) is 35.0. The Morgan fingerprint density at radius 3 is 2.65 bits per heavy atom. The van der Waals surface area contributed by atoms with E-state index in [-0.39, 0.29) is 25.9 Å². The molecule has 1 aromatic carbocycles. The Morgan fingerprint density at radius 1 is 1.12 bits per heavy atom. The van der Waals surface area contributed by atoms with Crippen molar-refractivity contribution in [1.82, 2.24) is 30.6 Å². The molecule has 1 aromatic heterocycles. The first-order chi connectivity index (χ1) is 23.3. The van der Waals surface area contributed by atoms with Crippen LogP contribution in [0, 0.1) is 5.92 Å². The molecule has 2 aromatic rings. The minimum Gasteiger partial charge on any atom is -0.472 e. The van der Waals surface area contributed by atoms with Gasteiger partial charge in [0.2, 0.25) is 27.7 Å². The monoisotopic (exact) mass is 696 g/mol. The number of nitrogens with one attached hydrogen (secondary N) is 4. The zero-order valence-corrected chi connectivity index (χ0v) is 28.8. The number of pyridine rings is 1. The summed E-state index contributed by atoms with van der Waals surface area (Å²) in [6.07, 6.45) is 6.48. The van der Waals surface area contributed by atoms with E-state index in [2.05, 4.69) is 25.7 Å². The van der Waals surface area contributed by atoms with E-state index in [1.807, 2.05) is 42.5 Å². The quantitative estimate of drug-likeness (QED) is 0.325. The molecule has 14 nitrogen and oxygen atoms in total. The van der Waals surface area contributed by atoms with Gasteiger partial charge in [0.25, 0.3) is 5.91 Å². The van der Waals surface area contributed by atoms with E-state index in [4.69, 9.17) is 9.47 Å². The SMILES string of the molecule is CC(C)(C)OC(=O)N[C@H]1CNCCC/C=C\[C@@H]2C[C@@]2(C(=O)NS(=O)(=O)C2CC2)NC(=O)[C@@H]2CC(Oc3nccc4ccccc34)CN2C1=O. The highest BCUT2D eigenvalue weighted by Gasteiger charge is 2.62. The second-order valence-corrected chi connectivity index (χ2v) is 16.2. The summed E-state index contributed by atoms with van der Waals surface area (Å²) in [7, 11) is -3.88. The molecule has 2 saturated carbocycles. The van der Waals surface area contributed by atoms with Crippen LogP contribution < -0.4 is 25.4 Å². The Morgan fingerprint density at radius 2 is 1.90 bits per heavy atom. The van der Waals surface area contributed by atoms with Crippen LogP contribution in [0.1, 0.15) is 59.3 Å². The van der Waals surface area contributed by atoms with E-state index in [9.17, 15) is 27.6 Å². The fourth-order valence-corrected chi connectivity index (χ4v) is 7.75. The number of carbonyl (C=O) groups is 4. The lowest BCUT2D eigenvalue weighted by atomic mass is 10.1. The summed E-state index contributed by atoms with van der Waals surface area (Å²) in [5.74, 6) is -2.04. The van der Waals surface area contributed by atoms with Gasteiger partial charge in [-0.1, -0.05) is 30.4 Å². The van der Waals surface area contributed by atoms with Crippen LogP contribution in [0.2, 0.25) is 0 Å². The Bertz CT molecular complexity index is 1750. The van der Waals surface area contributed by atoms with E-state index in [0.29, 0.717) is 38.1 Å². The molecule has 49 heavy (non-hydrogen) atoms. The largest absolute Gasteiger partial charge is 0.472 e. The molecule has 5 atom stereocenters. The van der Waals surface area contributed by atoms with Crippen molar-refractivity contribution in [2.24, 2.45) is 5.92 Å². The topological polar surface area (TPSA) is 185 Å². The molecule has 4 amide bonds. The number of amides is 4. The van der Waals surface area contributed by atoms with Gasteiger partial charge in [-0.25, -0.2) is 18.2 Å². The van der Waals surface area contributed by atoms with Crippen molar-refractivity contribution in [2.75, 3.05) is 19.6 Å². The van der Waals surface area contributed by atoms with Crippen LogP contribution >= 0.6 is 0 Å². The highest BCUT2D eigenvalue weighted by molar-refractivity contribution is 7.91. The number of rotatable bonds is 6. The number of carbonyl (C=O) groups excluding carboxylic acids is 4. The Kier molecular flexibility index (Phi) is 9.59. The Balaban J connectivity index is 1.30. The molecule has 264 valence electrons. The number of hydrogen-bond acceptors (Lipinski definition) is 10. The van der Waals surface area contributed by atoms with Gasteiger partial charge in [-0.15, -0.1) is 0 Å². The molecule has 4 aliphatic rings. The smallest absolute Gasteiger partial charge is 0.408 e. The second kappa shape index (κ2) is 13.6. The predicted molar refractivity (Wildman–Crippen MR) is 180 cm³/mol. The van der Waals surface area contributed by atoms with Crippen LogP contribution in [0.3, 0.4) is 0 Å². The molecule has 0 bridgehead atoms. The van der Waals surface area contributed by atoms with Crippen LogP contribution in [-0.4, -0.2) is 96.3 Å². The third kappa shape index (κ3) is 7.99. The van der Waals surface area contributed by atoms with Gasteiger partial charge in [0, 0.05) is 30.5 Å². The van der Waals surface area contributed by atoms with Crippen molar-refractivity contribution in [3.63, 3.8) is 0 Å². The molecule has 1 unspecified atom stereocenters. The number of benzene rings is 1. The zero-order valence-electron chi connectivity index (χ0n) is 27.9. The lowest BCUT2D eigenvalue weighted by Crippen LogP contribution is -2.59. The number of alkyl carbamates (subject to hydrolysis) is 1. The number of fused-ring (bicyclic) bond motifs is 3. The van der Waals surface area contributed by atoms with Gasteiger partial charge >= 0.3 is 6.09 Å². The van der Waals surface area contributed by atoms with Crippen LogP contribution in [0.25, 0.3) is 10.8 Å². The third-order valence-electron chi connectivity index (χ3n) is 9.16. The number of hydrogen-bond donors (Lipinski definition) is 4. The summed E-state index contributed by atoms with van der Waals surface area (Å²) >= 11 is 0. The van der Waals surface area contributed by atoms with Gasteiger partial charge in [0.1, 0.15) is 29.3 Å². The standard InChI is InChI=1S/C34H44N6O8S/c1-33(2,3)48-32(44)37-26-19-35-15-8-4-5-10-22-18-34(22,31(43)39-49(45,46)24-12-13-24)38-28(41)27-17-23(20-40(27)30(26)42)47-29-25-11-7-6-9-21(25)14-16-36-29/h5-7,9-11,14,16,22-24,26-27,35H,4,8,12-13,15,17-20H2,1-3H3,(H,37,44)(H,38,41)(H,39,43)/b10-5-/t22-,23?,26+,27+,34-/m1/s1. The average molecular weight is 697 g/mol. The number of ether oxygens (including phenoxy) is 2. The third-order valence-corrected chi connectivity index (χ3v) is 11.0. The van der Waals surface area contributed by atoms with Crippen molar-refractivity contribution in [3.05, 3.63) is 48.7 Å². The Labute approximate surface area is 285 Å². The van der Waals surface area contributed by atoms with Crippen LogP contribution in [0.5, 0.6) is 5.88 Å². The van der Waals surface area contributed by atoms with Gasteiger partial charge in [0.05, 0.1) is 11.8 Å². The first-order valence-corrected chi connectivity index (χ1v) is 18.4. The lowest BCUT2D eigenvalue weighted by molar-refractivity contribution is -0.141. The van der Waals surface area contributed by atoms with Gasteiger partial charge in [-0.05, 0) is 76.9 Å². The number of nitrogens with zero attached hydrogens (tertiary/aromatic N) is 2. The van der Waals surface area contributed by atoms with E-state index in [1.165, 1.54) is 4.90 Å². The summed E-state index contributed by atoms with van der Waals surface area (Å²) in [5.41, 5.74) is -2.30. The molecule has 3 heterocycles. The number of allylic oxidation sites excluding steroid dienone is 1. The summed E-state index contributed by atoms with van der Waals surface area (Å²) in [5, 5.41) is 9.81. The highest BCUT2D eigenvalue weighted by Crippen LogP contribution is 2.46. The summed E-state index contributed by atoms with van der Waals surface area (Å²) < 4.78 is 39.5. The van der Waals surface area contributed by atoms with Crippen LogP contribution in [-0.2, 0) is 29.1 Å². The molecule has 2 aliphatic heterocycles. The van der Waals surface area contributed by atoms with Crippen molar-refractivity contribution in [3.8, 4) is 5.88 Å². The van der Waals surface area contributed by atoms with Crippen molar-refractivity contribution in [1.29, 1.82) is 0 Å². The lowest BCUT2D eigenvalue weighted by Gasteiger charge is -2.30. The van der Waals surface area contributed by atoms with E-state index in [0.717, 1.165) is 10.8 Å². The first-order valence-electron chi connectivity index (χ1n) is 16.8. The van der Waals surface area contributed by atoms with E-state index < -0.39 is 74.3 Å². The molecule has 6 rings (SSSR count). The summed E-state index contributed by atoms with van der Waals surface area (Å²) in [6, 6.07) is 7.22. The highest BCUT2D eigenvalue weighted by atomic mass is 32.2. The fourth-order valence-electron chi connectivity index (χ4n) is 6.39. The van der Waals surface area contributed by atoms with E-state index in [1.54, 1.807) is 27.0 Å². The molecule has 3 fully saturated rings. The van der Waals surface area contributed by atoms with E-state index >= 15 is 0 Å². The number of aromatic nitrogens is 1. The van der Waals surface area contributed by atoms with Crippen LogP contribution in [0.15, 0.2) is 48.7 Å². The van der Waals surface area contributed by atoms with Gasteiger partial charge in [0.15, 0.2) is 0 Å². The maximum atomic E-state index is 14.3. The average Bonchev–Trinajstić information content (AvgIpc) is 3.96. The summed E-state index contributed by atoms with van der Waals surface area (Å²) in [4.78, 5) is 60.7. The van der Waals surface area contributed by atoms with Gasteiger partial charge in [-0.2, -0.15) is 0 Å². The maximum absolute atomic E-state index is 14.3. The molecule has 0 radical (unpaired) electrons. The molecule has 2 aliphatic carbocycles. The van der Waals surface area contributed by atoms with Crippen LogP contribution in [0.4, 0.5) is 4.79 Å². The van der Waals surface area contributed by atoms with Gasteiger partial charge < -0.3 is 30.3 Å². The molecule has 1 saturated heterocycles. The van der Waals surface area contributed by atoms with Gasteiger partial charge in [-0.3, -0.25) is 19.1 Å². The minimum absolute atomic E-state index is 0.00704. The molecule has 4 N–H and O–H groups in total. The summed E-state index contributed by atoms with van der Waals surface area (Å²) in [6.45, 7) is 5.75. The fraction of sp³-hybridized carbons (Fsp3) is 0.559. The first kappa shape index (κ1) is 34.6. The van der Waals surface area contributed by atoms with Crippen molar-refractivity contribution >= 4 is 44.6 Å². The second-order valence-electron chi connectivity index (χ2n) is 14.2. The molecular formula is C34H44N6O8S.